The number of anilines is 1. The van der Waals surface area contributed by atoms with Gasteiger partial charge in [0.25, 0.3) is 5.91 Å². The third kappa shape index (κ3) is 4.54. The summed E-state index contributed by atoms with van der Waals surface area (Å²) in [5.41, 5.74) is 5.57. The molecular weight excluding hydrogens is 268 g/mol. The highest BCUT2D eigenvalue weighted by atomic mass is 16.7. The van der Waals surface area contributed by atoms with Crippen molar-refractivity contribution in [2.75, 3.05) is 5.32 Å². The maximum atomic E-state index is 11.8. The number of nitrogens with zero attached hydrogens (tertiary/aromatic N) is 2. The molecule has 1 amide bonds. The first-order valence-corrected chi connectivity index (χ1v) is 6.62. The molecule has 2 rings (SSSR count). The van der Waals surface area contributed by atoms with Crippen LogP contribution in [0.2, 0.25) is 0 Å². The zero-order chi connectivity index (χ0) is 15.2. The van der Waals surface area contributed by atoms with E-state index in [4.69, 9.17) is 4.84 Å². The predicted octanol–water partition coefficient (Wildman–Crippen LogP) is 2.21. The maximum Gasteiger partial charge on any atom is 0.276 e. The van der Waals surface area contributed by atoms with Gasteiger partial charge >= 0.3 is 0 Å². The molecular formula is C15H18N4O2. The van der Waals surface area contributed by atoms with Crippen molar-refractivity contribution in [3.8, 4) is 0 Å². The average molecular weight is 286 g/mol. The highest BCUT2D eigenvalue weighted by Crippen LogP contribution is 2.12. The lowest BCUT2D eigenvalue weighted by Gasteiger charge is -2.16. The van der Waals surface area contributed by atoms with E-state index in [1.165, 1.54) is 6.20 Å². The second kappa shape index (κ2) is 6.81. The molecule has 0 aliphatic rings. The average Bonchev–Trinajstić information content (AvgIpc) is 2.44. The second-order valence-corrected chi connectivity index (χ2v) is 4.72. The molecule has 2 aromatic rings. The molecule has 6 nitrogen and oxygen atoms in total. The topological polar surface area (TPSA) is 76.1 Å². The summed E-state index contributed by atoms with van der Waals surface area (Å²) < 4.78 is 0. The molecule has 21 heavy (non-hydrogen) atoms. The number of carbonyl (C=O) groups is 1. The summed E-state index contributed by atoms with van der Waals surface area (Å²) in [5.74, 6) is -0.334. The quantitative estimate of drug-likeness (QED) is 0.651. The Morgan fingerprint density at radius 3 is 2.62 bits per heavy atom. The number of rotatable bonds is 5. The Morgan fingerprint density at radius 2 is 2.00 bits per heavy atom. The van der Waals surface area contributed by atoms with E-state index in [0.717, 1.165) is 17.1 Å². The Kier molecular flexibility index (Phi) is 4.84. The lowest BCUT2D eigenvalue weighted by Crippen LogP contribution is -2.32. The number of aromatic nitrogens is 2. The third-order valence-electron chi connectivity index (χ3n) is 2.70. The van der Waals surface area contributed by atoms with Crippen LogP contribution in [0.1, 0.15) is 28.7 Å². The van der Waals surface area contributed by atoms with E-state index in [0.29, 0.717) is 5.56 Å². The van der Waals surface area contributed by atoms with Crippen LogP contribution in [0.25, 0.3) is 0 Å². The van der Waals surface area contributed by atoms with Crippen LogP contribution in [0, 0.1) is 13.8 Å². The smallest absolute Gasteiger partial charge is 0.276 e. The first kappa shape index (κ1) is 14.9. The van der Waals surface area contributed by atoms with Gasteiger partial charge in [-0.2, -0.15) is 0 Å². The van der Waals surface area contributed by atoms with E-state index >= 15 is 0 Å². The molecule has 0 bridgehead atoms. The molecule has 1 unspecified atom stereocenters. The van der Waals surface area contributed by atoms with E-state index in [1.807, 2.05) is 26.0 Å². The van der Waals surface area contributed by atoms with Crippen LogP contribution in [0.15, 0.2) is 36.7 Å². The van der Waals surface area contributed by atoms with Gasteiger partial charge in [-0.3, -0.25) is 14.8 Å². The molecule has 0 aliphatic heterocycles. The fourth-order valence-corrected chi connectivity index (χ4v) is 1.88. The van der Waals surface area contributed by atoms with Crippen molar-refractivity contribution in [1.82, 2.24) is 15.4 Å². The van der Waals surface area contributed by atoms with Gasteiger partial charge in [0.05, 0.1) is 5.56 Å². The third-order valence-corrected chi connectivity index (χ3v) is 2.70. The fourth-order valence-electron chi connectivity index (χ4n) is 1.88. The molecule has 1 atom stereocenters. The Bertz CT molecular complexity index is 596. The summed E-state index contributed by atoms with van der Waals surface area (Å²) in [5, 5.41) is 3.14. The first-order chi connectivity index (χ1) is 10.0. The molecule has 0 fully saturated rings. The van der Waals surface area contributed by atoms with Crippen LogP contribution in [0.3, 0.4) is 0 Å². The van der Waals surface area contributed by atoms with Gasteiger partial charge in [0, 0.05) is 29.5 Å². The zero-order valence-electron chi connectivity index (χ0n) is 12.3. The number of pyridine rings is 2. The maximum absolute atomic E-state index is 11.8. The van der Waals surface area contributed by atoms with Gasteiger partial charge in [-0.25, -0.2) is 10.3 Å². The van der Waals surface area contributed by atoms with E-state index in [9.17, 15) is 4.79 Å². The predicted molar refractivity (Wildman–Crippen MR) is 79.6 cm³/mol. The molecule has 0 aliphatic carbocycles. The molecule has 0 saturated carbocycles. The number of carbonyl (C=O) groups excluding carboxylic acids is 1. The summed E-state index contributed by atoms with van der Waals surface area (Å²) in [7, 11) is 0. The largest absolute Gasteiger partial charge is 0.358 e. The fraction of sp³-hybridized carbons (Fsp3) is 0.267. The normalized spacial score (nSPS) is 11.8. The minimum atomic E-state index is -0.383. The second-order valence-electron chi connectivity index (χ2n) is 4.72. The number of hydrogen-bond donors (Lipinski definition) is 2. The Balaban J connectivity index is 1.87. The number of hydroxylamine groups is 1. The van der Waals surface area contributed by atoms with Crippen LogP contribution < -0.4 is 10.8 Å². The number of nitrogens with one attached hydrogen (secondary N) is 2. The van der Waals surface area contributed by atoms with Crippen LogP contribution in [-0.2, 0) is 4.84 Å². The van der Waals surface area contributed by atoms with E-state index in [-0.39, 0.29) is 12.1 Å². The van der Waals surface area contributed by atoms with Crippen molar-refractivity contribution in [2.24, 2.45) is 0 Å². The Hall–Kier alpha value is -2.47. The van der Waals surface area contributed by atoms with Crippen molar-refractivity contribution in [1.29, 1.82) is 0 Å². The molecule has 110 valence electrons. The lowest BCUT2D eigenvalue weighted by molar-refractivity contribution is 0.00388. The van der Waals surface area contributed by atoms with Gasteiger partial charge in [0.1, 0.15) is 0 Å². The Labute approximate surface area is 123 Å². The van der Waals surface area contributed by atoms with Crippen LogP contribution in [-0.4, -0.2) is 22.1 Å². The molecule has 0 spiro atoms. The summed E-state index contributed by atoms with van der Waals surface area (Å²) >= 11 is 0. The standard InChI is InChI=1S/C15H18N4O2/c1-10-7-14(8-11(2)17-10)18-12(3)21-19-15(20)13-5-4-6-16-9-13/h4-9,12H,1-3H3,(H,17,18)(H,19,20). The monoisotopic (exact) mass is 286 g/mol. The zero-order valence-corrected chi connectivity index (χ0v) is 12.3. The molecule has 2 N–H and O–H groups in total. The minimum Gasteiger partial charge on any atom is -0.358 e. The van der Waals surface area contributed by atoms with Gasteiger partial charge in [-0.05, 0) is 45.0 Å². The molecule has 0 saturated heterocycles. The van der Waals surface area contributed by atoms with Crippen LogP contribution in [0.5, 0.6) is 0 Å². The van der Waals surface area contributed by atoms with Gasteiger partial charge in [0.15, 0.2) is 6.23 Å². The van der Waals surface area contributed by atoms with Crippen molar-refractivity contribution in [3.63, 3.8) is 0 Å². The summed E-state index contributed by atoms with van der Waals surface area (Å²) in [6.45, 7) is 5.65. The van der Waals surface area contributed by atoms with Crippen molar-refractivity contribution in [3.05, 3.63) is 53.6 Å². The highest BCUT2D eigenvalue weighted by molar-refractivity contribution is 5.93. The van der Waals surface area contributed by atoms with Gasteiger partial charge in [-0.1, -0.05) is 0 Å². The lowest BCUT2D eigenvalue weighted by atomic mass is 10.3. The SMILES string of the molecule is Cc1cc(NC(C)ONC(=O)c2cccnc2)cc(C)n1. The molecule has 0 radical (unpaired) electrons. The molecule has 0 aromatic carbocycles. The van der Waals surface area contributed by atoms with E-state index in [2.05, 4.69) is 20.8 Å². The molecule has 2 heterocycles. The Morgan fingerprint density at radius 1 is 1.29 bits per heavy atom. The minimum absolute atomic E-state index is 0.334. The first-order valence-electron chi connectivity index (χ1n) is 6.62. The van der Waals surface area contributed by atoms with Crippen molar-refractivity contribution < 1.29 is 9.63 Å². The van der Waals surface area contributed by atoms with Gasteiger partial charge < -0.3 is 5.32 Å². The number of aryl methyl sites for hydroxylation is 2. The molecule has 6 heteroatoms. The summed E-state index contributed by atoms with van der Waals surface area (Å²) in [6.07, 6.45) is 2.70. The van der Waals surface area contributed by atoms with Gasteiger partial charge in [0.2, 0.25) is 0 Å². The highest BCUT2D eigenvalue weighted by Gasteiger charge is 2.08. The van der Waals surface area contributed by atoms with Crippen LogP contribution >= 0.6 is 0 Å². The number of hydrogen-bond acceptors (Lipinski definition) is 5. The van der Waals surface area contributed by atoms with Crippen LogP contribution in [0.4, 0.5) is 5.69 Å². The van der Waals surface area contributed by atoms with Gasteiger partial charge in [-0.15, -0.1) is 0 Å². The van der Waals surface area contributed by atoms with E-state index < -0.39 is 0 Å². The van der Waals surface area contributed by atoms with E-state index in [1.54, 1.807) is 25.3 Å². The van der Waals surface area contributed by atoms with Crippen molar-refractivity contribution >= 4 is 11.6 Å². The number of amides is 1. The summed E-state index contributed by atoms with van der Waals surface area (Å²) in [4.78, 5) is 25.3. The van der Waals surface area contributed by atoms with Crippen molar-refractivity contribution in [2.45, 2.75) is 27.0 Å². The molecule has 2 aromatic heterocycles. The summed E-state index contributed by atoms with van der Waals surface area (Å²) in [6, 6.07) is 7.18.